The molecule has 0 aromatic heterocycles. The van der Waals surface area contributed by atoms with Gasteiger partial charge in [-0.05, 0) is 35.8 Å². The van der Waals surface area contributed by atoms with Crippen molar-refractivity contribution in [2.75, 3.05) is 12.0 Å². The van der Waals surface area contributed by atoms with Crippen molar-refractivity contribution in [2.24, 2.45) is 5.10 Å². The summed E-state index contributed by atoms with van der Waals surface area (Å²) in [5, 5.41) is 7.82. The summed E-state index contributed by atoms with van der Waals surface area (Å²) in [6.45, 7) is 0. The highest BCUT2D eigenvalue weighted by Crippen LogP contribution is 2.43. The third-order valence-corrected chi connectivity index (χ3v) is 5.42. The smallest absolute Gasteiger partial charge is 0.188 e. The largest absolute Gasteiger partial charge is 0.469 e. The van der Waals surface area contributed by atoms with E-state index in [2.05, 4.69) is 29.5 Å². The quantitative estimate of drug-likeness (QED) is 0.772. The maximum atomic E-state index is 6.24. The molecule has 0 N–H and O–H groups in total. The third-order valence-electron chi connectivity index (χ3n) is 4.52. The van der Waals surface area contributed by atoms with Crippen molar-refractivity contribution in [3.8, 4) is 5.75 Å². The first-order chi connectivity index (χ1) is 11.8. The monoisotopic (exact) mass is 358 g/mol. The van der Waals surface area contributed by atoms with Crippen LogP contribution in [-0.2, 0) is 0 Å². The second kappa shape index (κ2) is 6.69. The molecule has 124 valence electrons. The topological polar surface area (TPSA) is 24.8 Å². The predicted molar refractivity (Wildman–Crippen MR) is 101 cm³/mol. The Bertz CT molecular complexity index is 762. The zero-order valence-electron chi connectivity index (χ0n) is 13.5. The lowest BCUT2D eigenvalue weighted by Crippen LogP contribution is -2.40. The zero-order chi connectivity index (χ0) is 16.5. The normalized spacial score (nSPS) is 21.8. The Morgan fingerprint density at radius 2 is 2.00 bits per heavy atom. The standard InChI is InChI=1S/C19H19ClN2OS/c1-24-11-10-19-22-17(15-4-2-3-5-18(15)23-19)12-16(21-22)13-6-8-14(20)9-7-13/h2-9,17,19H,10-12H2,1H3/t17-,19-/m0/s1. The Labute approximate surface area is 151 Å². The first kappa shape index (κ1) is 15.9. The van der Waals surface area contributed by atoms with Gasteiger partial charge in [-0.3, -0.25) is 5.01 Å². The highest BCUT2D eigenvalue weighted by Gasteiger charge is 2.39. The van der Waals surface area contributed by atoms with Crippen LogP contribution in [-0.4, -0.2) is 29.0 Å². The lowest BCUT2D eigenvalue weighted by Gasteiger charge is -2.38. The first-order valence-corrected chi connectivity index (χ1v) is 9.89. The van der Waals surface area contributed by atoms with Gasteiger partial charge in [-0.2, -0.15) is 16.9 Å². The van der Waals surface area contributed by atoms with Gasteiger partial charge in [-0.25, -0.2) is 0 Å². The molecule has 24 heavy (non-hydrogen) atoms. The van der Waals surface area contributed by atoms with E-state index in [1.54, 1.807) is 0 Å². The lowest BCUT2D eigenvalue weighted by atomic mass is 9.96. The molecule has 5 heteroatoms. The van der Waals surface area contributed by atoms with Gasteiger partial charge in [0, 0.05) is 23.4 Å². The summed E-state index contributed by atoms with van der Waals surface area (Å²) in [5.74, 6) is 2.05. The zero-order valence-corrected chi connectivity index (χ0v) is 15.1. The van der Waals surface area contributed by atoms with Crippen molar-refractivity contribution in [1.29, 1.82) is 0 Å². The second-order valence-electron chi connectivity index (χ2n) is 6.05. The van der Waals surface area contributed by atoms with Crippen molar-refractivity contribution in [3.63, 3.8) is 0 Å². The van der Waals surface area contributed by atoms with Gasteiger partial charge in [0.05, 0.1) is 11.8 Å². The molecule has 3 nitrogen and oxygen atoms in total. The number of nitrogens with zero attached hydrogens (tertiary/aromatic N) is 2. The molecule has 2 aliphatic heterocycles. The fourth-order valence-corrected chi connectivity index (χ4v) is 3.90. The SMILES string of the molecule is CSCC[C@@H]1Oc2ccccc2[C@@H]2CC(c3ccc(Cl)cc3)=NN12. The Hall–Kier alpha value is -1.65. The summed E-state index contributed by atoms with van der Waals surface area (Å²) in [7, 11) is 0. The van der Waals surface area contributed by atoms with Crippen LogP contribution < -0.4 is 4.74 Å². The third kappa shape index (κ3) is 2.89. The first-order valence-electron chi connectivity index (χ1n) is 8.12. The molecular formula is C19H19ClN2OS. The van der Waals surface area contributed by atoms with Crippen LogP contribution in [0.15, 0.2) is 53.6 Å². The number of hydrogen-bond donors (Lipinski definition) is 0. The number of fused-ring (bicyclic) bond motifs is 3. The van der Waals surface area contributed by atoms with Crippen molar-refractivity contribution in [1.82, 2.24) is 5.01 Å². The molecular weight excluding hydrogens is 340 g/mol. The van der Waals surface area contributed by atoms with Crippen LogP contribution in [0.5, 0.6) is 5.75 Å². The molecule has 2 aromatic rings. The van der Waals surface area contributed by atoms with Crippen LogP contribution in [0.3, 0.4) is 0 Å². The van der Waals surface area contributed by atoms with E-state index in [1.807, 2.05) is 42.1 Å². The van der Waals surface area contributed by atoms with Crippen LogP contribution in [0.4, 0.5) is 0 Å². The number of hydrazone groups is 1. The Kier molecular flexibility index (Phi) is 4.42. The Morgan fingerprint density at radius 3 is 2.79 bits per heavy atom. The summed E-state index contributed by atoms with van der Waals surface area (Å²) in [4.78, 5) is 0. The summed E-state index contributed by atoms with van der Waals surface area (Å²) >= 11 is 7.85. The van der Waals surface area contributed by atoms with Gasteiger partial charge in [0.2, 0.25) is 0 Å². The highest BCUT2D eigenvalue weighted by atomic mass is 35.5. The molecule has 2 atom stereocenters. The second-order valence-corrected chi connectivity index (χ2v) is 7.47. The Balaban J connectivity index is 1.68. The molecule has 0 amide bonds. The summed E-state index contributed by atoms with van der Waals surface area (Å²) in [5.41, 5.74) is 3.46. The predicted octanol–water partition coefficient (Wildman–Crippen LogP) is 4.96. The van der Waals surface area contributed by atoms with Crippen molar-refractivity contribution in [2.45, 2.75) is 25.1 Å². The molecule has 2 aromatic carbocycles. The lowest BCUT2D eigenvalue weighted by molar-refractivity contribution is -0.0180. The van der Waals surface area contributed by atoms with Crippen LogP contribution in [0.2, 0.25) is 5.02 Å². The minimum Gasteiger partial charge on any atom is -0.469 e. The molecule has 0 bridgehead atoms. The Morgan fingerprint density at radius 1 is 1.21 bits per heavy atom. The minimum absolute atomic E-state index is 0.00199. The minimum atomic E-state index is 0.00199. The number of ether oxygens (including phenoxy) is 1. The van der Waals surface area contributed by atoms with Crippen molar-refractivity contribution >= 4 is 29.1 Å². The maximum absolute atomic E-state index is 6.24. The van der Waals surface area contributed by atoms with Crippen molar-refractivity contribution < 1.29 is 4.74 Å². The molecule has 0 radical (unpaired) electrons. The molecule has 0 aliphatic carbocycles. The van der Waals surface area contributed by atoms with Crippen molar-refractivity contribution in [3.05, 3.63) is 64.7 Å². The summed E-state index contributed by atoms with van der Waals surface area (Å²) < 4.78 is 6.24. The number of hydrogen-bond acceptors (Lipinski definition) is 4. The number of benzene rings is 2. The molecule has 0 saturated heterocycles. The fraction of sp³-hybridized carbons (Fsp3) is 0.316. The van der Waals surface area contributed by atoms with E-state index in [0.717, 1.165) is 40.6 Å². The molecule has 2 aliphatic rings. The highest BCUT2D eigenvalue weighted by molar-refractivity contribution is 7.98. The summed E-state index contributed by atoms with van der Waals surface area (Å²) in [6.07, 6.45) is 3.99. The van der Waals surface area contributed by atoms with Gasteiger partial charge < -0.3 is 4.74 Å². The van der Waals surface area contributed by atoms with Gasteiger partial charge >= 0.3 is 0 Å². The van der Waals surface area contributed by atoms with Gasteiger partial charge in [0.25, 0.3) is 0 Å². The van der Waals surface area contributed by atoms with Gasteiger partial charge in [0.15, 0.2) is 6.23 Å². The molecule has 4 rings (SSSR count). The molecule has 0 saturated carbocycles. The van der Waals surface area contributed by atoms with Crippen LogP contribution >= 0.6 is 23.4 Å². The number of rotatable bonds is 4. The van der Waals surface area contributed by atoms with E-state index in [9.17, 15) is 0 Å². The van der Waals surface area contributed by atoms with Gasteiger partial charge in [-0.15, -0.1) is 0 Å². The van der Waals surface area contributed by atoms with E-state index in [1.165, 1.54) is 5.56 Å². The van der Waals surface area contributed by atoms with E-state index in [4.69, 9.17) is 21.4 Å². The van der Waals surface area contributed by atoms with E-state index in [-0.39, 0.29) is 12.3 Å². The molecule has 0 unspecified atom stereocenters. The molecule has 0 fully saturated rings. The van der Waals surface area contributed by atoms with E-state index >= 15 is 0 Å². The average molecular weight is 359 g/mol. The maximum Gasteiger partial charge on any atom is 0.188 e. The van der Waals surface area contributed by atoms with E-state index in [0.29, 0.717) is 0 Å². The van der Waals surface area contributed by atoms with Crippen LogP contribution in [0.1, 0.15) is 30.0 Å². The fourth-order valence-electron chi connectivity index (χ4n) is 3.34. The summed E-state index contributed by atoms with van der Waals surface area (Å²) in [6, 6.07) is 16.5. The van der Waals surface area contributed by atoms with Gasteiger partial charge in [0.1, 0.15) is 5.75 Å². The molecule has 2 heterocycles. The van der Waals surface area contributed by atoms with E-state index < -0.39 is 0 Å². The van der Waals surface area contributed by atoms with Crippen LogP contribution in [0.25, 0.3) is 0 Å². The average Bonchev–Trinajstić information content (AvgIpc) is 3.06. The number of para-hydroxylation sites is 1. The van der Waals surface area contributed by atoms with Crippen LogP contribution in [0, 0.1) is 0 Å². The number of halogens is 1. The van der Waals surface area contributed by atoms with Gasteiger partial charge in [-0.1, -0.05) is 41.9 Å². The molecule has 0 spiro atoms. The number of thioether (sulfide) groups is 1.